The van der Waals surface area contributed by atoms with Gasteiger partial charge in [-0.05, 0) is 35.7 Å². The van der Waals surface area contributed by atoms with E-state index in [1.54, 1.807) is 14.0 Å². The number of H-pyrrole nitrogens is 1. The number of nitrogens with zero attached hydrogens (tertiary/aromatic N) is 3. The van der Waals surface area contributed by atoms with Crippen molar-refractivity contribution in [2.75, 3.05) is 25.1 Å². The first-order chi connectivity index (χ1) is 13.8. The van der Waals surface area contributed by atoms with Crippen LogP contribution in [0.1, 0.15) is 45.0 Å². The fraction of sp³-hybridized carbons (Fsp3) is 0.556. The molecule has 158 valence electrons. The molecule has 0 bridgehead atoms. The molecule has 1 aliphatic heterocycles. The molecule has 1 aliphatic rings. The molecule has 1 fully saturated rings. The maximum atomic E-state index is 12.9. The van der Waals surface area contributed by atoms with E-state index in [9.17, 15) is 14.7 Å². The van der Waals surface area contributed by atoms with Crippen molar-refractivity contribution in [3.05, 3.63) is 26.7 Å². The first-order valence-corrected chi connectivity index (χ1v) is 10.9. The van der Waals surface area contributed by atoms with Crippen LogP contribution in [0.2, 0.25) is 0 Å². The normalized spacial score (nSPS) is 20.7. The molecule has 0 saturated carbocycles. The third-order valence-electron chi connectivity index (χ3n) is 5.24. The van der Waals surface area contributed by atoms with Crippen molar-refractivity contribution in [3.8, 4) is 0 Å². The predicted octanol–water partition coefficient (Wildman–Crippen LogP) is 2.25. The molecule has 0 aliphatic carbocycles. The Bertz CT molecular complexity index is 914. The fourth-order valence-electron chi connectivity index (χ4n) is 3.58. The summed E-state index contributed by atoms with van der Waals surface area (Å²) in [5, 5.41) is 9.90. The number of ether oxygens (including phenoxy) is 1. The largest absolute Gasteiger partial charge is 0.477 e. The lowest BCUT2D eigenvalue weighted by atomic mass is 9.85. The molecule has 11 heteroatoms. The Morgan fingerprint density at radius 3 is 2.76 bits per heavy atom. The molecule has 4 N–H and O–H groups in total. The highest BCUT2D eigenvalue weighted by Crippen LogP contribution is 2.32. The van der Waals surface area contributed by atoms with Crippen molar-refractivity contribution < 1.29 is 19.4 Å². The van der Waals surface area contributed by atoms with Crippen molar-refractivity contribution in [1.29, 1.82) is 0 Å². The van der Waals surface area contributed by atoms with Gasteiger partial charge in [0.25, 0.3) is 0 Å². The number of nitrogens with one attached hydrogen (secondary N) is 1. The van der Waals surface area contributed by atoms with Crippen LogP contribution in [0.5, 0.6) is 0 Å². The first-order valence-electron chi connectivity index (χ1n) is 9.29. The number of aromatic nitrogens is 3. The van der Waals surface area contributed by atoms with Gasteiger partial charge in [0.15, 0.2) is 11.0 Å². The van der Waals surface area contributed by atoms with Gasteiger partial charge in [-0.15, -0.1) is 0 Å². The minimum absolute atomic E-state index is 0.183. The number of aryl methyl sites for hydroxylation is 2. The maximum Gasteiger partial charge on any atom is 0.347 e. The standard InChI is InChI=1S/C18H24BrN5O4S/c1-4-10-15(19)23-16(22-10)13(25)12(20)9-5-6-24(7-11(9)28-3)18-21-8(2)14(29-18)17(26)27/h9,11-12H,4-7,20H2,1-3H3,(H,22,23)(H,26,27)/t9?,11-,12?/m0/s1. The van der Waals surface area contributed by atoms with E-state index in [1.807, 2.05) is 11.8 Å². The molecular formula is C18H24BrN5O4S. The number of imidazole rings is 1. The number of aromatic carboxylic acids is 1. The minimum atomic E-state index is -0.979. The van der Waals surface area contributed by atoms with E-state index in [4.69, 9.17) is 10.5 Å². The molecule has 29 heavy (non-hydrogen) atoms. The number of carbonyl (C=O) groups is 2. The molecule has 2 unspecified atom stereocenters. The molecule has 2 aromatic heterocycles. The number of aromatic amines is 1. The number of rotatable bonds is 7. The molecule has 0 aromatic carbocycles. The molecule has 0 spiro atoms. The summed E-state index contributed by atoms with van der Waals surface area (Å²) in [5.74, 6) is -1.16. The third-order valence-corrected chi connectivity index (χ3v) is 7.10. The van der Waals surface area contributed by atoms with E-state index >= 15 is 0 Å². The second kappa shape index (κ2) is 8.90. The van der Waals surface area contributed by atoms with Crippen LogP contribution in [-0.2, 0) is 11.2 Å². The number of halogens is 1. The molecule has 3 rings (SSSR count). The summed E-state index contributed by atoms with van der Waals surface area (Å²) < 4.78 is 6.27. The van der Waals surface area contributed by atoms with Crippen LogP contribution in [0, 0.1) is 12.8 Å². The summed E-state index contributed by atoms with van der Waals surface area (Å²) in [7, 11) is 1.59. The lowest BCUT2D eigenvalue weighted by Crippen LogP contribution is -2.53. The number of carboxylic acids is 1. The summed E-state index contributed by atoms with van der Waals surface area (Å²) in [6.07, 6.45) is 1.06. The number of Topliss-reactive ketones (excluding diaryl/α,β-unsaturated/α-hetero) is 1. The fourth-order valence-corrected chi connectivity index (χ4v) is 5.07. The van der Waals surface area contributed by atoms with Crippen LogP contribution in [-0.4, -0.2) is 64.2 Å². The van der Waals surface area contributed by atoms with Crippen LogP contribution in [0.3, 0.4) is 0 Å². The van der Waals surface area contributed by atoms with Crippen molar-refractivity contribution in [2.45, 2.75) is 38.8 Å². The monoisotopic (exact) mass is 485 g/mol. The van der Waals surface area contributed by atoms with Gasteiger partial charge >= 0.3 is 5.97 Å². The number of hydrogen-bond donors (Lipinski definition) is 3. The summed E-state index contributed by atoms with van der Waals surface area (Å²) in [6.45, 7) is 4.75. The lowest BCUT2D eigenvalue weighted by Gasteiger charge is -2.39. The molecular weight excluding hydrogens is 462 g/mol. The highest BCUT2D eigenvalue weighted by atomic mass is 79.9. The van der Waals surface area contributed by atoms with E-state index in [0.717, 1.165) is 23.5 Å². The molecule has 0 amide bonds. The second-order valence-electron chi connectivity index (χ2n) is 6.99. The summed E-state index contributed by atoms with van der Waals surface area (Å²) in [5.41, 5.74) is 7.68. The van der Waals surface area contributed by atoms with E-state index < -0.39 is 12.0 Å². The minimum Gasteiger partial charge on any atom is -0.477 e. The van der Waals surface area contributed by atoms with Crippen LogP contribution in [0.15, 0.2) is 4.60 Å². The molecule has 0 radical (unpaired) electrons. The van der Waals surface area contributed by atoms with Gasteiger partial charge in [0.05, 0.1) is 17.8 Å². The van der Waals surface area contributed by atoms with Gasteiger partial charge < -0.3 is 25.5 Å². The van der Waals surface area contributed by atoms with Crippen LogP contribution in [0.4, 0.5) is 5.13 Å². The number of carbonyl (C=O) groups excluding carboxylic acids is 1. The number of anilines is 1. The van der Waals surface area contributed by atoms with Crippen LogP contribution >= 0.6 is 27.3 Å². The third kappa shape index (κ3) is 4.37. The SMILES string of the molecule is CCc1[nH]c(C(=O)C(N)C2CCN(c3nc(C)c(C(=O)O)s3)C[C@@H]2OC)nc1Br. The molecule has 3 atom stereocenters. The Morgan fingerprint density at radius 2 is 2.21 bits per heavy atom. The van der Waals surface area contributed by atoms with Gasteiger partial charge in [0.1, 0.15) is 9.48 Å². The van der Waals surface area contributed by atoms with E-state index in [0.29, 0.717) is 34.9 Å². The number of piperidine rings is 1. The van der Waals surface area contributed by atoms with Gasteiger partial charge in [-0.2, -0.15) is 0 Å². The second-order valence-corrected chi connectivity index (χ2v) is 8.72. The van der Waals surface area contributed by atoms with Gasteiger partial charge in [0.2, 0.25) is 5.78 Å². The van der Waals surface area contributed by atoms with E-state index in [-0.39, 0.29) is 28.5 Å². The Morgan fingerprint density at radius 1 is 1.48 bits per heavy atom. The van der Waals surface area contributed by atoms with Gasteiger partial charge in [-0.25, -0.2) is 14.8 Å². The quantitative estimate of drug-likeness (QED) is 0.508. The van der Waals surface area contributed by atoms with Gasteiger partial charge in [0, 0.05) is 31.8 Å². The van der Waals surface area contributed by atoms with Crippen molar-refractivity contribution in [2.24, 2.45) is 11.7 Å². The number of methoxy groups -OCH3 is 1. The van der Waals surface area contributed by atoms with Gasteiger partial charge in [-0.1, -0.05) is 18.3 Å². The van der Waals surface area contributed by atoms with Crippen molar-refractivity contribution >= 4 is 44.2 Å². The van der Waals surface area contributed by atoms with Crippen molar-refractivity contribution in [1.82, 2.24) is 15.0 Å². The zero-order valence-corrected chi connectivity index (χ0v) is 18.8. The summed E-state index contributed by atoms with van der Waals surface area (Å²) in [6, 6.07) is -0.752. The Labute approximate surface area is 180 Å². The first kappa shape index (κ1) is 21.9. The number of nitrogens with two attached hydrogens (primary N) is 1. The van der Waals surface area contributed by atoms with Gasteiger partial charge in [-0.3, -0.25) is 4.79 Å². The molecule has 1 saturated heterocycles. The zero-order valence-electron chi connectivity index (χ0n) is 16.4. The average molecular weight is 486 g/mol. The highest BCUT2D eigenvalue weighted by molar-refractivity contribution is 9.10. The number of thiazole rings is 1. The zero-order chi connectivity index (χ0) is 21.3. The number of ketones is 1. The topological polar surface area (TPSA) is 134 Å². The molecule has 2 aromatic rings. The van der Waals surface area contributed by atoms with E-state index in [1.165, 1.54) is 0 Å². The number of hydrogen-bond acceptors (Lipinski definition) is 8. The Balaban J connectivity index is 1.74. The molecule has 9 nitrogen and oxygen atoms in total. The van der Waals surface area contributed by atoms with Crippen LogP contribution < -0.4 is 10.6 Å². The summed E-state index contributed by atoms with van der Waals surface area (Å²) in [4.78, 5) is 38.1. The Kier molecular flexibility index (Phi) is 6.72. The summed E-state index contributed by atoms with van der Waals surface area (Å²) >= 11 is 4.50. The maximum absolute atomic E-state index is 12.9. The average Bonchev–Trinajstić information content (AvgIpc) is 3.28. The van der Waals surface area contributed by atoms with E-state index in [2.05, 4.69) is 30.9 Å². The highest BCUT2D eigenvalue weighted by Gasteiger charge is 2.38. The smallest absolute Gasteiger partial charge is 0.347 e. The molecule has 3 heterocycles. The lowest BCUT2D eigenvalue weighted by molar-refractivity contribution is 0.0305. The predicted molar refractivity (Wildman–Crippen MR) is 113 cm³/mol. The number of carboxylic acid groups (broad SMARTS) is 1. The Hall–Kier alpha value is -1.82. The van der Waals surface area contributed by atoms with Crippen molar-refractivity contribution in [3.63, 3.8) is 0 Å². The van der Waals surface area contributed by atoms with Crippen LogP contribution in [0.25, 0.3) is 0 Å².